The molecule has 0 radical (unpaired) electrons. The first-order chi connectivity index (χ1) is 8.92. The first-order valence-corrected chi connectivity index (χ1v) is 6.56. The highest BCUT2D eigenvalue weighted by Crippen LogP contribution is 2.32. The Morgan fingerprint density at radius 3 is 2.78 bits per heavy atom. The van der Waals surface area contributed by atoms with Gasteiger partial charge in [-0.25, -0.2) is 0 Å². The minimum atomic E-state index is 0.517. The van der Waals surface area contributed by atoms with E-state index in [9.17, 15) is 0 Å². The Kier molecular flexibility index (Phi) is 2.17. The molecule has 1 fully saturated rings. The highest BCUT2D eigenvalue weighted by atomic mass is 16.3. The van der Waals surface area contributed by atoms with Gasteiger partial charge >= 0.3 is 0 Å². The molecule has 0 spiro atoms. The molecular weight excluding hydrogens is 222 g/mol. The zero-order chi connectivity index (χ0) is 11.9. The molecule has 1 aromatic heterocycles. The molecule has 0 aliphatic carbocycles. The SMILES string of the molecule is c1ccc2c(c1)oc1ccc([C@@H]3CCCN3)cc12. The van der Waals surface area contributed by atoms with Crippen LogP contribution in [0.1, 0.15) is 24.4 Å². The number of hydrogen-bond acceptors (Lipinski definition) is 2. The average Bonchev–Trinajstić information content (AvgIpc) is 3.05. The first kappa shape index (κ1) is 10.2. The number of benzene rings is 2. The summed E-state index contributed by atoms with van der Waals surface area (Å²) < 4.78 is 5.85. The van der Waals surface area contributed by atoms with Crippen molar-refractivity contribution in [3.05, 3.63) is 48.0 Å². The van der Waals surface area contributed by atoms with E-state index >= 15 is 0 Å². The summed E-state index contributed by atoms with van der Waals surface area (Å²) >= 11 is 0. The van der Waals surface area contributed by atoms with Crippen molar-refractivity contribution in [2.24, 2.45) is 0 Å². The van der Waals surface area contributed by atoms with Crippen molar-refractivity contribution in [2.75, 3.05) is 6.54 Å². The average molecular weight is 237 g/mol. The van der Waals surface area contributed by atoms with Crippen LogP contribution in [-0.2, 0) is 0 Å². The van der Waals surface area contributed by atoms with Gasteiger partial charge in [-0.3, -0.25) is 0 Å². The Hall–Kier alpha value is -1.80. The maximum absolute atomic E-state index is 5.85. The van der Waals surface area contributed by atoms with E-state index in [0.29, 0.717) is 6.04 Å². The highest BCUT2D eigenvalue weighted by Gasteiger charge is 2.17. The van der Waals surface area contributed by atoms with Gasteiger partial charge in [-0.2, -0.15) is 0 Å². The number of nitrogens with one attached hydrogen (secondary N) is 1. The molecule has 4 rings (SSSR count). The molecule has 1 saturated heterocycles. The monoisotopic (exact) mass is 237 g/mol. The fourth-order valence-electron chi connectivity index (χ4n) is 2.93. The van der Waals surface area contributed by atoms with Gasteiger partial charge in [0.25, 0.3) is 0 Å². The molecule has 18 heavy (non-hydrogen) atoms. The van der Waals surface area contributed by atoms with E-state index in [2.05, 4.69) is 35.6 Å². The maximum atomic E-state index is 5.85. The van der Waals surface area contributed by atoms with E-state index in [1.807, 2.05) is 12.1 Å². The van der Waals surface area contributed by atoms with E-state index in [1.165, 1.54) is 29.2 Å². The second kappa shape index (κ2) is 3.85. The summed E-state index contributed by atoms with van der Waals surface area (Å²) in [6.45, 7) is 1.13. The largest absolute Gasteiger partial charge is 0.456 e. The molecular formula is C16H15NO. The molecule has 3 aromatic rings. The molecule has 90 valence electrons. The minimum absolute atomic E-state index is 0.517. The second-order valence-electron chi connectivity index (χ2n) is 5.00. The summed E-state index contributed by atoms with van der Waals surface area (Å²) in [5.41, 5.74) is 3.34. The third kappa shape index (κ3) is 1.46. The Bertz CT molecular complexity index is 707. The van der Waals surface area contributed by atoms with Crippen LogP contribution in [0, 0.1) is 0 Å². The number of para-hydroxylation sites is 1. The third-order valence-corrected chi connectivity index (χ3v) is 3.86. The van der Waals surface area contributed by atoms with Crippen LogP contribution in [0.25, 0.3) is 21.9 Å². The molecule has 0 amide bonds. The summed E-state index contributed by atoms with van der Waals surface area (Å²) in [4.78, 5) is 0. The summed E-state index contributed by atoms with van der Waals surface area (Å²) in [5, 5.41) is 6.00. The van der Waals surface area contributed by atoms with Gasteiger partial charge in [0.15, 0.2) is 0 Å². The maximum Gasteiger partial charge on any atom is 0.135 e. The van der Waals surface area contributed by atoms with Crippen LogP contribution < -0.4 is 5.32 Å². The predicted octanol–water partition coefficient (Wildman–Crippen LogP) is 4.01. The lowest BCUT2D eigenvalue weighted by Crippen LogP contribution is -2.12. The lowest BCUT2D eigenvalue weighted by atomic mass is 10.0. The van der Waals surface area contributed by atoms with Gasteiger partial charge in [-0.05, 0) is 43.1 Å². The fourth-order valence-corrected chi connectivity index (χ4v) is 2.93. The van der Waals surface area contributed by atoms with Crippen LogP contribution in [0.5, 0.6) is 0 Å². The van der Waals surface area contributed by atoms with E-state index in [4.69, 9.17) is 4.42 Å². The molecule has 1 aliphatic rings. The summed E-state index contributed by atoms with van der Waals surface area (Å²) in [6, 6.07) is 15.3. The molecule has 0 bridgehead atoms. The van der Waals surface area contributed by atoms with Crippen LogP contribution in [0.3, 0.4) is 0 Å². The Labute approximate surface area is 106 Å². The summed E-state index contributed by atoms with van der Waals surface area (Å²) in [7, 11) is 0. The zero-order valence-electron chi connectivity index (χ0n) is 10.1. The Morgan fingerprint density at radius 2 is 1.89 bits per heavy atom. The van der Waals surface area contributed by atoms with Crippen LogP contribution in [0.4, 0.5) is 0 Å². The van der Waals surface area contributed by atoms with Crippen LogP contribution in [0.15, 0.2) is 46.9 Å². The smallest absolute Gasteiger partial charge is 0.135 e. The van der Waals surface area contributed by atoms with Crippen LogP contribution in [0.2, 0.25) is 0 Å². The Morgan fingerprint density at radius 1 is 1.00 bits per heavy atom. The standard InChI is InChI=1S/C16H15NO/c1-2-6-15-12(4-1)13-10-11(7-8-16(13)18-15)14-5-3-9-17-14/h1-2,4,6-8,10,14,17H,3,5,9H2/t14-/m0/s1. The number of rotatable bonds is 1. The van der Waals surface area contributed by atoms with E-state index in [0.717, 1.165) is 17.7 Å². The first-order valence-electron chi connectivity index (χ1n) is 6.56. The molecule has 2 heterocycles. The molecule has 2 nitrogen and oxygen atoms in total. The van der Waals surface area contributed by atoms with Crippen molar-refractivity contribution in [3.63, 3.8) is 0 Å². The Balaban J connectivity index is 1.94. The van der Waals surface area contributed by atoms with Crippen molar-refractivity contribution in [1.82, 2.24) is 5.32 Å². The lowest BCUT2D eigenvalue weighted by Gasteiger charge is -2.09. The summed E-state index contributed by atoms with van der Waals surface area (Å²) in [5.74, 6) is 0. The molecule has 2 aromatic carbocycles. The normalized spacial score (nSPS) is 19.9. The second-order valence-corrected chi connectivity index (χ2v) is 5.00. The fraction of sp³-hybridized carbons (Fsp3) is 0.250. The third-order valence-electron chi connectivity index (χ3n) is 3.86. The van der Waals surface area contributed by atoms with Gasteiger partial charge in [-0.15, -0.1) is 0 Å². The van der Waals surface area contributed by atoms with Gasteiger partial charge in [0.1, 0.15) is 11.2 Å². The van der Waals surface area contributed by atoms with Crippen molar-refractivity contribution in [2.45, 2.75) is 18.9 Å². The van der Waals surface area contributed by atoms with Crippen LogP contribution in [-0.4, -0.2) is 6.54 Å². The van der Waals surface area contributed by atoms with Gasteiger partial charge in [0, 0.05) is 16.8 Å². The zero-order valence-corrected chi connectivity index (χ0v) is 10.1. The van der Waals surface area contributed by atoms with E-state index in [-0.39, 0.29) is 0 Å². The summed E-state index contributed by atoms with van der Waals surface area (Å²) in [6.07, 6.45) is 2.51. The predicted molar refractivity (Wildman–Crippen MR) is 73.7 cm³/mol. The van der Waals surface area contributed by atoms with Crippen molar-refractivity contribution >= 4 is 21.9 Å². The minimum Gasteiger partial charge on any atom is -0.456 e. The topological polar surface area (TPSA) is 25.2 Å². The quantitative estimate of drug-likeness (QED) is 0.691. The van der Waals surface area contributed by atoms with Gasteiger partial charge in [0.2, 0.25) is 0 Å². The lowest BCUT2D eigenvalue weighted by molar-refractivity contribution is 0.646. The van der Waals surface area contributed by atoms with Gasteiger partial charge in [-0.1, -0.05) is 24.3 Å². The van der Waals surface area contributed by atoms with Crippen molar-refractivity contribution in [1.29, 1.82) is 0 Å². The molecule has 0 unspecified atom stereocenters. The van der Waals surface area contributed by atoms with Gasteiger partial charge < -0.3 is 9.73 Å². The number of furan rings is 1. The number of hydrogen-bond donors (Lipinski definition) is 1. The van der Waals surface area contributed by atoms with Gasteiger partial charge in [0.05, 0.1) is 0 Å². The van der Waals surface area contributed by atoms with Crippen molar-refractivity contribution < 1.29 is 4.42 Å². The molecule has 1 N–H and O–H groups in total. The highest BCUT2D eigenvalue weighted by molar-refractivity contribution is 6.05. The molecule has 1 aliphatic heterocycles. The van der Waals surface area contributed by atoms with Crippen molar-refractivity contribution in [3.8, 4) is 0 Å². The number of fused-ring (bicyclic) bond motifs is 3. The molecule has 2 heteroatoms. The molecule has 1 atom stereocenters. The van der Waals surface area contributed by atoms with E-state index in [1.54, 1.807) is 0 Å². The van der Waals surface area contributed by atoms with Crippen LogP contribution >= 0.6 is 0 Å². The molecule has 0 saturated carbocycles. The van der Waals surface area contributed by atoms with E-state index < -0.39 is 0 Å².